The van der Waals surface area contributed by atoms with Crippen molar-refractivity contribution in [2.75, 3.05) is 44.0 Å². The minimum atomic E-state index is -0.236. The number of hydrogen-bond acceptors (Lipinski definition) is 4. The molecule has 0 unspecified atom stereocenters. The van der Waals surface area contributed by atoms with Gasteiger partial charge in [0.25, 0.3) is 0 Å². The van der Waals surface area contributed by atoms with Crippen molar-refractivity contribution in [1.29, 1.82) is 0 Å². The number of carbonyl (C=O) groups excluding carboxylic acids is 2. The van der Waals surface area contributed by atoms with Crippen LogP contribution < -0.4 is 25.4 Å². The van der Waals surface area contributed by atoms with Crippen LogP contribution >= 0.6 is 0 Å². The Hall–Kier alpha value is -3.42. The Morgan fingerprint density at radius 2 is 1.74 bits per heavy atom. The highest BCUT2D eigenvalue weighted by Gasteiger charge is 2.23. The summed E-state index contributed by atoms with van der Waals surface area (Å²) in [6.07, 6.45) is 1.67. The number of nitrogens with zero attached hydrogens (tertiary/aromatic N) is 1. The second-order valence-corrected chi connectivity index (χ2v) is 7.35. The minimum absolute atomic E-state index is 0.135. The maximum atomic E-state index is 12.5. The van der Waals surface area contributed by atoms with Crippen molar-refractivity contribution in [3.63, 3.8) is 0 Å². The Balaban J connectivity index is 1.38. The Morgan fingerprint density at radius 1 is 1.03 bits per heavy atom. The van der Waals surface area contributed by atoms with Gasteiger partial charge in [-0.3, -0.25) is 0 Å². The van der Waals surface area contributed by atoms with Gasteiger partial charge in [-0.1, -0.05) is 12.1 Å². The summed E-state index contributed by atoms with van der Waals surface area (Å²) in [7, 11) is 1.58. The molecule has 0 spiro atoms. The number of nitrogens with one attached hydrogen (secondary N) is 3. The second-order valence-electron chi connectivity index (χ2n) is 7.35. The maximum Gasteiger partial charge on any atom is 0.321 e. The average molecular weight is 427 g/mol. The molecule has 0 saturated carbocycles. The quantitative estimate of drug-likeness (QED) is 0.620. The first-order valence-electron chi connectivity index (χ1n) is 10.6. The van der Waals surface area contributed by atoms with Crippen LogP contribution in [-0.4, -0.2) is 50.3 Å². The van der Waals surface area contributed by atoms with E-state index in [4.69, 9.17) is 9.47 Å². The van der Waals surface area contributed by atoms with Crippen LogP contribution in [0.3, 0.4) is 0 Å². The normalized spacial score (nSPS) is 13.9. The van der Waals surface area contributed by atoms with Gasteiger partial charge in [-0.2, -0.15) is 0 Å². The van der Waals surface area contributed by atoms with E-state index in [1.807, 2.05) is 55.5 Å². The molecular formula is C23H30N4O4. The SMILES string of the molecule is CCOc1ccc(NC(=O)NCC2CCN(C(=O)Nc3ccccc3OC)CC2)cc1. The first kappa shape index (κ1) is 22.3. The predicted molar refractivity (Wildman–Crippen MR) is 121 cm³/mol. The number of amides is 4. The van der Waals surface area contributed by atoms with Crippen molar-refractivity contribution >= 4 is 23.4 Å². The van der Waals surface area contributed by atoms with Gasteiger partial charge in [0.05, 0.1) is 19.4 Å². The third kappa shape index (κ3) is 6.53. The predicted octanol–water partition coefficient (Wildman–Crippen LogP) is 4.16. The summed E-state index contributed by atoms with van der Waals surface area (Å²) in [6, 6.07) is 14.2. The number of hydrogen-bond donors (Lipinski definition) is 3. The molecule has 166 valence electrons. The first-order chi connectivity index (χ1) is 15.1. The Kier molecular flexibility index (Phi) is 7.98. The standard InChI is InChI=1S/C23H30N4O4/c1-3-31-19-10-8-18(9-11-19)25-22(28)24-16-17-12-14-27(15-13-17)23(29)26-20-6-4-5-7-21(20)30-2/h4-11,17H,3,12-16H2,1-2H3,(H,26,29)(H2,24,25,28). The van der Waals surface area contributed by atoms with Gasteiger partial charge in [-0.15, -0.1) is 0 Å². The van der Waals surface area contributed by atoms with Gasteiger partial charge in [0.2, 0.25) is 0 Å². The minimum Gasteiger partial charge on any atom is -0.495 e. The molecule has 8 heteroatoms. The first-order valence-corrected chi connectivity index (χ1v) is 10.6. The third-order valence-electron chi connectivity index (χ3n) is 5.22. The topological polar surface area (TPSA) is 91.9 Å². The number of benzene rings is 2. The van der Waals surface area contributed by atoms with E-state index in [1.54, 1.807) is 12.0 Å². The number of likely N-dealkylation sites (tertiary alicyclic amines) is 1. The number of urea groups is 2. The molecule has 3 N–H and O–H groups in total. The van der Waals surface area contributed by atoms with Crippen LogP contribution in [0.25, 0.3) is 0 Å². The second kappa shape index (κ2) is 11.1. The number of piperidine rings is 1. The van der Waals surface area contributed by atoms with E-state index in [0.717, 1.165) is 18.6 Å². The van der Waals surface area contributed by atoms with E-state index in [0.29, 0.717) is 49.3 Å². The molecule has 31 heavy (non-hydrogen) atoms. The van der Waals surface area contributed by atoms with Crippen molar-refractivity contribution in [3.05, 3.63) is 48.5 Å². The largest absolute Gasteiger partial charge is 0.495 e. The third-order valence-corrected chi connectivity index (χ3v) is 5.22. The lowest BCUT2D eigenvalue weighted by Gasteiger charge is -2.32. The highest BCUT2D eigenvalue weighted by Crippen LogP contribution is 2.24. The van der Waals surface area contributed by atoms with Crippen LogP contribution in [-0.2, 0) is 0 Å². The van der Waals surface area contributed by atoms with E-state index in [1.165, 1.54) is 0 Å². The summed E-state index contributed by atoms with van der Waals surface area (Å²) < 4.78 is 10.7. The van der Waals surface area contributed by atoms with E-state index in [2.05, 4.69) is 16.0 Å². The van der Waals surface area contributed by atoms with Crippen molar-refractivity contribution in [3.8, 4) is 11.5 Å². The molecule has 0 bridgehead atoms. The van der Waals surface area contributed by atoms with Crippen LogP contribution in [0.4, 0.5) is 21.0 Å². The monoisotopic (exact) mass is 426 g/mol. The van der Waals surface area contributed by atoms with Gasteiger partial charge in [0.1, 0.15) is 11.5 Å². The zero-order valence-electron chi connectivity index (χ0n) is 18.0. The Morgan fingerprint density at radius 3 is 2.42 bits per heavy atom. The molecule has 3 rings (SSSR count). The Bertz CT molecular complexity index is 864. The molecule has 0 radical (unpaired) electrons. The zero-order valence-corrected chi connectivity index (χ0v) is 18.0. The zero-order chi connectivity index (χ0) is 22.1. The number of rotatable bonds is 7. The lowest BCUT2D eigenvalue weighted by atomic mass is 9.97. The van der Waals surface area contributed by atoms with E-state index < -0.39 is 0 Å². The highest BCUT2D eigenvalue weighted by molar-refractivity contribution is 5.91. The smallest absolute Gasteiger partial charge is 0.321 e. The van der Waals surface area contributed by atoms with Gasteiger partial charge >= 0.3 is 12.1 Å². The fourth-order valence-corrected chi connectivity index (χ4v) is 3.50. The summed E-state index contributed by atoms with van der Waals surface area (Å²) >= 11 is 0. The van der Waals surface area contributed by atoms with Crippen molar-refractivity contribution in [1.82, 2.24) is 10.2 Å². The lowest BCUT2D eigenvalue weighted by molar-refractivity contribution is 0.181. The fourth-order valence-electron chi connectivity index (χ4n) is 3.50. The van der Waals surface area contributed by atoms with Crippen LogP contribution in [0, 0.1) is 5.92 Å². The molecule has 1 fully saturated rings. The summed E-state index contributed by atoms with van der Waals surface area (Å²) in [5, 5.41) is 8.66. The number of anilines is 2. The molecule has 0 atom stereocenters. The molecule has 2 aromatic carbocycles. The lowest BCUT2D eigenvalue weighted by Crippen LogP contribution is -2.43. The van der Waals surface area contributed by atoms with Gasteiger partial charge in [-0.05, 0) is 62.1 Å². The van der Waals surface area contributed by atoms with Gasteiger partial charge in [0, 0.05) is 25.3 Å². The van der Waals surface area contributed by atoms with Crippen molar-refractivity contribution in [2.24, 2.45) is 5.92 Å². The van der Waals surface area contributed by atoms with E-state index in [9.17, 15) is 9.59 Å². The number of carbonyl (C=O) groups is 2. The summed E-state index contributed by atoms with van der Waals surface area (Å²) in [5.41, 5.74) is 1.37. The van der Waals surface area contributed by atoms with Gasteiger partial charge < -0.3 is 30.3 Å². The van der Waals surface area contributed by atoms with Crippen LogP contribution in [0.1, 0.15) is 19.8 Å². The average Bonchev–Trinajstić information content (AvgIpc) is 2.80. The number of methoxy groups -OCH3 is 1. The van der Waals surface area contributed by atoms with Gasteiger partial charge in [0.15, 0.2) is 0 Å². The maximum absolute atomic E-state index is 12.5. The molecule has 1 saturated heterocycles. The molecule has 1 heterocycles. The van der Waals surface area contributed by atoms with Crippen molar-refractivity contribution in [2.45, 2.75) is 19.8 Å². The fraction of sp³-hybridized carbons (Fsp3) is 0.391. The molecular weight excluding hydrogens is 396 g/mol. The molecule has 1 aliphatic rings. The van der Waals surface area contributed by atoms with Crippen LogP contribution in [0.15, 0.2) is 48.5 Å². The van der Waals surface area contributed by atoms with Crippen LogP contribution in [0.5, 0.6) is 11.5 Å². The summed E-state index contributed by atoms with van der Waals surface area (Å²) in [5.74, 6) is 1.74. The molecule has 1 aliphatic heterocycles. The molecule has 8 nitrogen and oxygen atoms in total. The Labute approximate surface area is 182 Å². The summed E-state index contributed by atoms with van der Waals surface area (Å²) in [6.45, 7) is 4.40. The van der Waals surface area contributed by atoms with Crippen LogP contribution in [0.2, 0.25) is 0 Å². The summed E-state index contributed by atoms with van der Waals surface area (Å²) in [4.78, 5) is 26.5. The van der Waals surface area contributed by atoms with Crippen molar-refractivity contribution < 1.29 is 19.1 Å². The molecule has 4 amide bonds. The molecule has 2 aromatic rings. The molecule has 0 aliphatic carbocycles. The van der Waals surface area contributed by atoms with E-state index >= 15 is 0 Å². The number of para-hydroxylation sites is 2. The molecule has 0 aromatic heterocycles. The van der Waals surface area contributed by atoms with E-state index in [-0.39, 0.29) is 12.1 Å². The highest BCUT2D eigenvalue weighted by atomic mass is 16.5. The van der Waals surface area contributed by atoms with Gasteiger partial charge in [-0.25, -0.2) is 9.59 Å². The number of ether oxygens (including phenoxy) is 2.